The van der Waals surface area contributed by atoms with Crippen molar-refractivity contribution >= 4 is 48.0 Å². The van der Waals surface area contributed by atoms with Crippen LogP contribution in [0.25, 0.3) is 0 Å². The van der Waals surface area contributed by atoms with E-state index in [0.717, 1.165) is 0 Å². The second-order valence-corrected chi connectivity index (χ2v) is 6.74. The van der Waals surface area contributed by atoms with E-state index in [-0.39, 0.29) is 18.2 Å². The SMILES string of the molecule is CCOP(=O)(OCC)/C(C#N)=N/OC(=O)Nc1ccc(Cl)c(Cl)c1. The Labute approximate surface area is 148 Å². The van der Waals surface area contributed by atoms with Crippen LogP contribution in [0.3, 0.4) is 0 Å². The Kier molecular flexibility index (Phi) is 8.19. The number of nitrogens with zero attached hydrogens (tertiary/aromatic N) is 2. The third kappa shape index (κ3) is 5.78. The summed E-state index contributed by atoms with van der Waals surface area (Å²) < 4.78 is 22.2. The van der Waals surface area contributed by atoms with Crippen molar-refractivity contribution < 1.29 is 23.2 Å². The lowest BCUT2D eigenvalue weighted by Gasteiger charge is -2.14. The van der Waals surface area contributed by atoms with Crippen LogP contribution in [-0.4, -0.2) is 24.8 Å². The number of oxime groups is 1. The van der Waals surface area contributed by atoms with Gasteiger partial charge in [0.2, 0.25) is 0 Å². The molecule has 1 amide bonds. The average Bonchev–Trinajstić information content (AvgIpc) is 2.52. The molecule has 1 N–H and O–H groups in total. The third-order valence-electron chi connectivity index (χ3n) is 2.34. The summed E-state index contributed by atoms with van der Waals surface area (Å²) in [5.41, 5.74) is -0.378. The molecule has 0 unspecified atom stereocenters. The van der Waals surface area contributed by atoms with Crippen LogP contribution in [0.4, 0.5) is 10.5 Å². The van der Waals surface area contributed by atoms with Crippen LogP contribution in [0, 0.1) is 11.3 Å². The van der Waals surface area contributed by atoms with E-state index >= 15 is 0 Å². The lowest BCUT2D eigenvalue weighted by atomic mass is 10.3. The number of benzene rings is 1. The smallest absolute Gasteiger partial charge is 0.304 e. The molecular formula is C13H14Cl2N3O5P. The molecule has 0 spiro atoms. The van der Waals surface area contributed by atoms with Crippen LogP contribution in [0.1, 0.15) is 13.8 Å². The molecule has 0 radical (unpaired) electrons. The first-order valence-electron chi connectivity index (χ1n) is 6.67. The van der Waals surface area contributed by atoms with E-state index < -0.39 is 19.1 Å². The molecule has 0 aromatic heterocycles. The number of halogens is 2. The van der Waals surface area contributed by atoms with Crippen LogP contribution in [0.2, 0.25) is 10.0 Å². The molecule has 0 saturated carbocycles. The van der Waals surface area contributed by atoms with E-state index in [1.807, 2.05) is 0 Å². The second-order valence-electron chi connectivity index (χ2n) is 3.99. The standard InChI is InChI=1S/C13H14Cl2N3O5P/c1-3-21-24(20,22-4-2)12(8-16)18-23-13(19)17-9-5-6-10(14)11(15)7-9/h5-7H,3-4H2,1-2H3,(H,17,19)/b18-12+. The summed E-state index contributed by atoms with van der Waals surface area (Å²) in [6.45, 7) is 3.18. The Balaban J connectivity index is 2.83. The Morgan fingerprint density at radius 3 is 2.42 bits per heavy atom. The van der Waals surface area contributed by atoms with Gasteiger partial charge in [-0.3, -0.25) is 14.7 Å². The molecule has 0 atom stereocenters. The molecular weight excluding hydrogens is 380 g/mol. The van der Waals surface area contributed by atoms with Gasteiger partial charge in [0.1, 0.15) is 6.07 Å². The molecule has 8 nitrogen and oxygen atoms in total. The molecule has 0 aliphatic carbocycles. The summed E-state index contributed by atoms with van der Waals surface area (Å²) >= 11 is 11.6. The second kappa shape index (κ2) is 9.62. The summed E-state index contributed by atoms with van der Waals surface area (Å²) in [6, 6.07) is 5.89. The zero-order valence-electron chi connectivity index (χ0n) is 12.8. The maximum absolute atomic E-state index is 12.4. The monoisotopic (exact) mass is 393 g/mol. The van der Waals surface area contributed by atoms with E-state index in [2.05, 4.69) is 15.3 Å². The number of nitriles is 1. The summed E-state index contributed by atoms with van der Waals surface area (Å²) in [5, 5.41) is 15.1. The van der Waals surface area contributed by atoms with Gasteiger partial charge in [0.25, 0.3) is 5.45 Å². The maximum atomic E-state index is 12.4. The molecule has 0 heterocycles. The number of hydrogen-bond acceptors (Lipinski definition) is 7. The van der Waals surface area contributed by atoms with E-state index in [1.165, 1.54) is 18.2 Å². The Morgan fingerprint density at radius 1 is 1.29 bits per heavy atom. The minimum Gasteiger partial charge on any atom is -0.304 e. The molecule has 1 rings (SSSR count). The zero-order chi connectivity index (χ0) is 18.2. The summed E-state index contributed by atoms with van der Waals surface area (Å²) in [4.78, 5) is 16.2. The number of nitrogens with one attached hydrogen (secondary N) is 1. The van der Waals surface area contributed by atoms with Crippen molar-refractivity contribution in [2.45, 2.75) is 13.8 Å². The highest BCUT2D eigenvalue weighted by atomic mass is 35.5. The number of rotatable bonds is 7. The van der Waals surface area contributed by atoms with Gasteiger partial charge in [-0.25, -0.2) is 4.79 Å². The van der Waals surface area contributed by atoms with Gasteiger partial charge in [-0.1, -0.05) is 28.4 Å². The highest BCUT2D eigenvalue weighted by Gasteiger charge is 2.33. The van der Waals surface area contributed by atoms with Crippen molar-refractivity contribution in [2.75, 3.05) is 18.5 Å². The average molecular weight is 394 g/mol. The van der Waals surface area contributed by atoms with E-state index in [0.29, 0.717) is 10.7 Å². The summed E-state index contributed by atoms with van der Waals surface area (Å²) in [6.07, 6.45) is -1.03. The van der Waals surface area contributed by atoms with Crippen molar-refractivity contribution in [3.8, 4) is 6.07 Å². The number of carbonyl (C=O) groups excluding carboxylic acids is 1. The van der Waals surface area contributed by atoms with Crippen molar-refractivity contribution in [3.05, 3.63) is 28.2 Å². The Hall–Kier alpha value is -1.62. The van der Waals surface area contributed by atoms with Crippen molar-refractivity contribution in [1.82, 2.24) is 0 Å². The minimum absolute atomic E-state index is 0.0213. The maximum Gasteiger partial charge on any atom is 0.437 e. The number of anilines is 1. The van der Waals surface area contributed by atoms with Gasteiger partial charge in [0, 0.05) is 5.69 Å². The van der Waals surface area contributed by atoms with Crippen LogP contribution >= 0.6 is 30.8 Å². The van der Waals surface area contributed by atoms with Crippen LogP contribution in [0.15, 0.2) is 23.4 Å². The van der Waals surface area contributed by atoms with Crippen LogP contribution < -0.4 is 5.32 Å². The largest absolute Gasteiger partial charge is 0.437 e. The molecule has 130 valence electrons. The normalized spacial score (nSPS) is 11.7. The number of hydrogen-bond donors (Lipinski definition) is 1. The molecule has 0 aliphatic heterocycles. The first-order chi connectivity index (χ1) is 11.4. The molecule has 0 bridgehead atoms. The zero-order valence-corrected chi connectivity index (χ0v) is 15.2. The minimum atomic E-state index is -3.94. The molecule has 0 saturated heterocycles. The molecule has 1 aromatic carbocycles. The quantitative estimate of drug-likeness (QED) is 0.312. The van der Waals surface area contributed by atoms with Gasteiger partial charge < -0.3 is 9.05 Å². The molecule has 1 aromatic rings. The Morgan fingerprint density at radius 2 is 1.92 bits per heavy atom. The fourth-order valence-electron chi connectivity index (χ4n) is 1.43. The lowest BCUT2D eigenvalue weighted by molar-refractivity contribution is 0.166. The van der Waals surface area contributed by atoms with E-state index in [9.17, 15) is 9.36 Å². The first kappa shape index (κ1) is 20.4. The van der Waals surface area contributed by atoms with Crippen LogP contribution in [-0.2, 0) is 18.5 Å². The van der Waals surface area contributed by atoms with Gasteiger partial charge in [-0.15, -0.1) is 0 Å². The van der Waals surface area contributed by atoms with Gasteiger partial charge in [0.15, 0.2) is 0 Å². The van der Waals surface area contributed by atoms with Crippen molar-refractivity contribution in [2.24, 2.45) is 5.16 Å². The number of amides is 1. The molecule has 11 heteroatoms. The fourth-order valence-corrected chi connectivity index (χ4v) is 2.99. The van der Waals surface area contributed by atoms with Gasteiger partial charge in [-0.05, 0) is 32.0 Å². The number of carbonyl (C=O) groups is 1. The highest BCUT2D eigenvalue weighted by molar-refractivity contribution is 7.73. The molecule has 0 aliphatic rings. The highest BCUT2D eigenvalue weighted by Crippen LogP contribution is 2.49. The van der Waals surface area contributed by atoms with Gasteiger partial charge in [-0.2, -0.15) is 5.26 Å². The third-order valence-corrected chi connectivity index (χ3v) is 4.97. The topological polar surface area (TPSA) is 110 Å². The van der Waals surface area contributed by atoms with Crippen molar-refractivity contribution in [1.29, 1.82) is 5.26 Å². The summed E-state index contributed by atoms with van der Waals surface area (Å²) in [5.74, 6) is 0. The molecule has 24 heavy (non-hydrogen) atoms. The fraction of sp³-hybridized carbons (Fsp3) is 0.308. The predicted molar refractivity (Wildman–Crippen MR) is 90.5 cm³/mol. The molecule has 0 fully saturated rings. The van der Waals surface area contributed by atoms with E-state index in [4.69, 9.17) is 37.5 Å². The van der Waals surface area contributed by atoms with Crippen LogP contribution in [0.5, 0.6) is 0 Å². The summed E-state index contributed by atoms with van der Waals surface area (Å²) in [7, 11) is -3.94. The predicted octanol–water partition coefficient (Wildman–Crippen LogP) is 4.65. The van der Waals surface area contributed by atoms with E-state index in [1.54, 1.807) is 19.9 Å². The first-order valence-corrected chi connectivity index (χ1v) is 8.97. The van der Waals surface area contributed by atoms with Crippen molar-refractivity contribution in [3.63, 3.8) is 0 Å². The Bertz CT molecular complexity index is 710. The van der Waals surface area contributed by atoms with Gasteiger partial charge >= 0.3 is 13.7 Å². The van der Waals surface area contributed by atoms with Gasteiger partial charge in [0.05, 0.1) is 23.3 Å². The lowest BCUT2D eigenvalue weighted by Crippen LogP contribution is -2.13.